The van der Waals surface area contributed by atoms with E-state index in [1.165, 1.54) is 180 Å². The van der Waals surface area contributed by atoms with Crippen LogP contribution in [-0.2, 0) is 28.6 Å². The fourth-order valence-corrected chi connectivity index (χ4v) is 9.58. The highest BCUT2D eigenvalue weighted by atomic mass is 16.6. The fourth-order valence-electron chi connectivity index (χ4n) is 9.58. The third-order valence-electron chi connectivity index (χ3n) is 14.6. The van der Waals surface area contributed by atoms with Gasteiger partial charge in [-0.25, -0.2) is 0 Å². The van der Waals surface area contributed by atoms with Gasteiger partial charge in [0.05, 0.1) is 0 Å². The first-order chi connectivity index (χ1) is 39.0. The Balaban J connectivity index is 4.18. The highest BCUT2D eigenvalue weighted by Gasteiger charge is 2.19. The molecule has 0 bridgehead atoms. The van der Waals surface area contributed by atoms with Crippen LogP contribution in [0.4, 0.5) is 0 Å². The molecule has 0 fully saturated rings. The molecular weight excluding hydrogens is 973 g/mol. The van der Waals surface area contributed by atoms with Gasteiger partial charge in [0.2, 0.25) is 0 Å². The van der Waals surface area contributed by atoms with E-state index in [9.17, 15) is 14.4 Å². The maximum atomic E-state index is 12.9. The van der Waals surface area contributed by atoms with Gasteiger partial charge in [-0.2, -0.15) is 0 Å². The molecule has 1 atom stereocenters. The van der Waals surface area contributed by atoms with Gasteiger partial charge in [0, 0.05) is 19.3 Å². The molecule has 0 N–H and O–H groups in total. The molecule has 6 heteroatoms. The number of carbonyl (C=O) groups is 3. The van der Waals surface area contributed by atoms with E-state index >= 15 is 0 Å². The average Bonchev–Trinajstić information content (AvgIpc) is 3.45. The molecule has 0 aromatic heterocycles. The number of carbonyl (C=O) groups excluding carboxylic acids is 3. The van der Waals surface area contributed by atoms with Gasteiger partial charge in [-0.3, -0.25) is 14.4 Å². The van der Waals surface area contributed by atoms with Gasteiger partial charge < -0.3 is 14.2 Å². The molecule has 0 saturated heterocycles. The third kappa shape index (κ3) is 65.0. The summed E-state index contributed by atoms with van der Waals surface area (Å²) in [4.78, 5) is 38.1. The SMILES string of the molecule is CC/C=C\C/C=C\C/C=C\C/C=C\C/C=C\C/C=C\C/C=C\C/C=C\CCCCC(=O)OCC(COC(=O)CCCCCCCCC)OC(=O)CCCCCCCCCCCCCCCCCCCCCCCCCCCCC. The van der Waals surface area contributed by atoms with Crippen LogP contribution in [0.3, 0.4) is 0 Å². The van der Waals surface area contributed by atoms with Crippen LogP contribution in [0.15, 0.2) is 97.2 Å². The van der Waals surface area contributed by atoms with E-state index in [0.717, 1.165) is 109 Å². The van der Waals surface area contributed by atoms with E-state index in [1.807, 2.05) is 0 Å². The zero-order chi connectivity index (χ0) is 57.1. The van der Waals surface area contributed by atoms with Crippen LogP contribution in [0.2, 0.25) is 0 Å². The van der Waals surface area contributed by atoms with E-state index in [4.69, 9.17) is 14.2 Å². The minimum Gasteiger partial charge on any atom is -0.462 e. The molecular formula is C73H126O6. The lowest BCUT2D eigenvalue weighted by atomic mass is 10.0. The van der Waals surface area contributed by atoms with E-state index in [-0.39, 0.29) is 31.1 Å². The van der Waals surface area contributed by atoms with Gasteiger partial charge >= 0.3 is 17.9 Å². The van der Waals surface area contributed by atoms with E-state index in [2.05, 4.69) is 118 Å². The van der Waals surface area contributed by atoms with Gasteiger partial charge in [0.1, 0.15) is 13.2 Å². The van der Waals surface area contributed by atoms with Crippen molar-refractivity contribution in [1.82, 2.24) is 0 Å². The number of ether oxygens (including phenoxy) is 3. The minimum atomic E-state index is -0.793. The van der Waals surface area contributed by atoms with Crippen LogP contribution in [0.1, 0.15) is 329 Å². The highest BCUT2D eigenvalue weighted by Crippen LogP contribution is 2.17. The zero-order valence-electron chi connectivity index (χ0n) is 52.1. The van der Waals surface area contributed by atoms with Crippen LogP contribution >= 0.6 is 0 Å². The molecule has 0 radical (unpaired) electrons. The maximum Gasteiger partial charge on any atom is 0.306 e. The smallest absolute Gasteiger partial charge is 0.306 e. The second-order valence-corrected chi connectivity index (χ2v) is 22.4. The number of hydrogen-bond donors (Lipinski definition) is 0. The lowest BCUT2D eigenvalue weighted by Gasteiger charge is -2.18. The molecule has 0 saturated carbocycles. The zero-order valence-corrected chi connectivity index (χ0v) is 52.1. The van der Waals surface area contributed by atoms with E-state index in [1.54, 1.807) is 0 Å². The van der Waals surface area contributed by atoms with Gasteiger partial charge in [0.25, 0.3) is 0 Å². The predicted molar refractivity (Wildman–Crippen MR) is 344 cm³/mol. The first kappa shape index (κ1) is 75.3. The summed E-state index contributed by atoms with van der Waals surface area (Å²) in [5.41, 5.74) is 0. The second-order valence-electron chi connectivity index (χ2n) is 22.4. The van der Waals surface area contributed by atoms with Crippen molar-refractivity contribution in [2.24, 2.45) is 0 Å². The van der Waals surface area contributed by atoms with Crippen molar-refractivity contribution in [3.63, 3.8) is 0 Å². The molecule has 454 valence electrons. The van der Waals surface area contributed by atoms with Crippen LogP contribution in [0.25, 0.3) is 0 Å². The van der Waals surface area contributed by atoms with Gasteiger partial charge in [0.15, 0.2) is 6.10 Å². The van der Waals surface area contributed by atoms with Crippen molar-refractivity contribution in [3.8, 4) is 0 Å². The lowest BCUT2D eigenvalue weighted by molar-refractivity contribution is -0.167. The Bertz CT molecular complexity index is 1540. The minimum absolute atomic E-state index is 0.0888. The molecule has 1 unspecified atom stereocenters. The maximum absolute atomic E-state index is 12.9. The third-order valence-corrected chi connectivity index (χ3v) is 14.6. The number of unbranched alkanes of at least 4 members (excludes halogenated alkanes) is 34. The summed E-state index contributed by atoms with van der Waals surface area (Å²) in [6.07, 6.45) is 90.3. The summed E-state index contributed by atoms with van der Waals surface area (Å²) in [5, 5.41) is 0. The van der Waals surface area contributed by atoms with Crippen molar-refractivity contribution in [2.45, 2.75) is 335 Å². The lowest BCUT2D eigenvalue weighted by Crippen LogP contribution is -2.30. The Hall–Kier alpha value is -3.67. The van der Waals surface area contributed by atoms with Crippen molar-refractivity contribution < 1.29 is 28.6 Å². The Morgan fingerprint density at radius 1 is 0.266 bits per heavy atom. The Labute approximate surface area is 489 Å². The summed E-state index contributed by atoms with van der Waals surface area (Å²) in [7, 11) is 0. The number of allylic oxidation sites excluding steroid dienone is 16. The molecule has 0 spiro atoms. The first-order valence-electron chi connectivity index (χ1n) is 33.7. The predicted octanol–water partition coefficient (Wildman–Crippen LogP) is 23.2. The van der Waals surface area contributed by atoms with Gasteiger partial charge in [-0.1, -0.05) is 323 Å². The number of hydrogen-bond acceptors (Lipinski definition) is 6. The monoisotopic (exact) mass is 1100 g/mol. The quantitative estimate of drug-likeness (QED) is 0.0261. The van der Waals surface area contributed by atoms with Crippen LogP contribution in [-0.4, -0.2) is 37.2 Å². The second kappa shape index (κ2) is 66.8. The number of rotatable bonds is 61. The van der Waals surface area contributed by atoms with Gasteiger partial charge in [-0.15, -0.1) is 0 Å². The van der Waals surface area contributed by atoms with Crippen molar-refractivity contribution >= 4 is 17.9 Å². The Morgan fingerprint density at radius 2 is 0.494 bits per heavy atom. The standard InChI is InChI=1S/C73H126O6/c1-4-7-10-13-16-18-20-22-24-26-28-30-32-34-36-38-40-42-44-46-48-50-52-54-57-60-63-66-72(75)78-69-70(68-77-71(74)65-62-59-56-15-12-9-6-3)79-73(76)67-64-61-58-55-53-51-49-47-45-43-41-39-37-35-33-31-29-27-25-23-21-19-17-14-11-8-5-2/h7,10,16,18,22,24,28,30,34,36,40,42,46,48,52,54,70H,4-6,8-9,11-15,17,19-21,23,25-27,29,31-33,35,37-39,41,43-45,47,49-51,53,55-69H2,1-3H3/b10-7-,18-16-,24-22-,30-28-,36-34-,42-40-,48-46-,54-52-. The largest absolute Gasteiger partial charge is 0.462 e. The summed E-state index contributed by atoms with van der Waals surface area (Å²) in [6.45, 7) is 6.48. The molecule has 6 nitrogen and oxygen atoms in total. The van der Waals surface area contributed by atoms with Crippen molar-refractivity contribution in [1.29, 1.82) is 0 Å². The number of esters is 3. The van der Waals surface area contributed by atoms with Crippen molar-refractivity contribution in [3.05, 3.63) is 97.2 Å². The topological polar surface area (TPSA) is 78.9 Å². The average molecular weight is 1100 g/mol. The van der Waals surface area contributed by atoms with Crippen LogP contribution in [0, 0.1) is 0 Å². The first-order valence-corrected chi connectivity index (χ1v) is 33.7. The Kier molecular flexibility index (Phi) is 63.7. The summed E-state index contributed by atoms with van der Waals surface area (Å²) in [6, 6.07) is 0. The molecule has 0 rings (SSSR count). The molecule has 0 heterocycles. The molecule has 0 aliphatic heterocycles. The molecule has 0 aromatic rings. The summed E-state index contributed by atoms with van der Waals surface area (Å²) in [5.74, 6) is -0.929. The van der Waals surface area contributed by atoms with Gasteiger partial charge in [-0.05, 0) is 83.5 Å². The Morgan fingerprint density at radius 3 is 0.772 bits per heavy atom. The van der Waals surface area contributed by atoms with Crippen LogP contribution < -0.4 is 0 Å². The van der Waals surface area contributed by atoms with Crippen molar-refractivity contribution in [2.75, 3.05) is 13.2 Å². The molecule has 0 aromatic carbocycles. The highest BCUT2D eigenvalue weighted by molar-refractivity contribution is 5.71. The normalized spacial score (nSPS) is 12.7. The molecule has 0 aliphatic carbocycles. The van der Waals surface area contributed by atoms with E-state index in [0.29, 0.717) is 19.3 Å². The molecule has 0 aliphatic rings. The molecule has 79 heavy (non-hydrogen) atoms. The van der Waals surface area contributed by atoms with Crippen LogP contribution in [0.5, 0.6) is 0 Å². The molecule has 0 amide bonds. The summed E-state index contributed by atoms with van der Waals surface area (Å²) < 4.78 is 16.8. The fraction of sp³-hybridized carbons (Fsp3) is 0.740. The van der Waals surface area contributed by atoms with E-state index < -0.39 is 6.10 Å². The summed E-state index contributed by atoms with van der Waals surface area (Å²) >= 11 is 0.